The van der Waals surface area contributed by atoms with E-state index in [0.29, 0.717) is 27.2 Å². The molecule has 0 saturated heterocycles. The highest BCUT2D eigenvalue weighted by Crippen LogP contribution is 2.33. The van der Waals surface area contributed by atoms with Gasteiger partial charge >= 0.3 is 6.18 Å². The van der Waals surface area contributed by atoms with Gasteiger partial charge in [0.25, 0.3) is 0 Å². The molecule has 25 heavy (non-hydrogen) atoms. The van der Waals surface area contributed by atoms with Gasteiger partial charge in [-0.25, -0.2) is 9.97 Å². The molecule has 4 N–H and O–H groups in total. The first-order valence-corrected chi connectivity index (χ1v) is 7.38. The van der Waals surface area contributed by atoms with Crippen molar-refractivity contribution in [1.29, 1.82) is 5.41 Å². The lowest BCUT2D eigenvalue weighted by Gasteiger charge is -2.11. The minimum Gasteiger partial charge on any atom is -0.370 e. The van der Waals surface area contributed by atoms with Gasteiger partial charge in [0.05, 0.1) is 16.8 Å². The van der Waals surface area contributed by atoms with E-state index in [1.54, 1.807) is 18.2 Å². The molecule has 0 saturated carbocycles. The van der Waals surface area contributed by atoms with Crippen LogP contribution in [-0.4, -0.2) is 15.9 Å². The molecule has 1 heterocycles. The number of nitrogens with one attached hydrogen (secondary N) is 2. The highest BCUT2D eigenvalue weighted by atomic mass is 35.5. The molecule has 0 bridgehead atoms. The number of hydrogen-bond donors (Lipinski definition) is 3. The Morgan fingerprint density at radius 2 is 1.76 bits per heavy atom. The number of benzene rings is 2. The fraction of sp³-hybridized carbons (Fsp3) is 0.0625. The van der Waals surface area contributed by atoms with Crippen LogP contribution in [-0.2, 0) is 6.18 Å². The first-order chi connectivity index (χ1) is 11.7. The number of aromatic nitrogens is 2. The number of fused-ring (bicyclic) bond motifs is 1. The second-order valence-electron chi connectivity index (χ2n) is 5.17. The lowest BCUT2D eigenvalue weighted by Crippen LogP contribution is -2.22. The molecular weight excluding hydrogens is 355 g/mol. The Kier molecular flexibility index (Phi) is 4.22. The number of alkyl halides is 3. The fourth-order valence-corrected chi connectivity index (χ4v) is 2.49. The van der Waals surface area contributed by atoms with Crippen LogP contribution in [0.25, 0.3) is 22.2 Å². The molecule has 2 aromatic carbocycles. The predicted octanol–water partition coefficient (Wildman–Crippen LogP) is 4.27. The van der Waals surface area contributed by atoms with Crippen molar-refractivity contribution in [2.45, 2.75) is 6.18 Å². The summed E-state index contributed by atoms with van der Waals surface area (Å²) < 4.78 is 38.2. The average Bonchev–Trinajstić information content (AvgIpc) is 2.53. The SMILES string of the molecule is N=C(N)Nc1nc(-c2ccc(C(F)(F)F)cc2)c2cc(Cl)ccc2n1. The minimum absolute atomic E-state index is 0.0669. The molecule has 0 atom stereocenters. The van der Waals surface area contributed by atoms with Gasteiger partial charge in [-0.1, -0.05) is 23.7 Å². The number of nitrogens with two attached hydrogens (primary N) is 1. The summed E-state index contributed by atoms with van der Waals surface area (Å²) in [5.41, 5.74) is 5.89. The molecule has 0 aliphatic rings. The maximum absolute atomic E-state index is 12.7. The van der Waals surface area contributed by atoms with Crippen LogP contribution in [0.15, 0.2) is 42.5 Å². The topological polar surface area (TPSA) is 87.7 Å². The zero-order valence-electron chi connectivity index (χ0n) is 12.5. The van der Waals surface area contributed by atoms with Crippen LogP contribution in [0.2, 0.25) is 5.02 Å². The Bertz CT molecular complexity index is 954. The zero-order chi connectivity index (χ0) is 18.2. The monoisotopic (exact) mass is 365 g/mol. The second kappa shape index (κ2) is 6.21. The number of hydrogen-bond acceptors (Lipinski definition) is 3. The van der Waals surface area contributed by atoms with Crippen molar-refractivity contribution < 1.29 is 13.2 Å². The van der Waals surface area contributed by atoms with Gasteiger partial charge in [-0.15, -0.1) is 0 Å². The first kappa shape index (κ1) is 17.0. The summed E-state index contributed by atoms with van der Waals surface area (Å²) in [6.07, 6.45) is -4.42. The van der Waals surface area contributed by atoms with Gasteiger partial charge in [0.2, 0.25) is 5.95 Å². The van der Waals surface area contributed by atoms with Crippen molar-refractivity contribution in [3.63, 3.8) is 0 Å². The maximum Gasteiger partial charge on any atom is 0.416 e. The summed E-state index contributed by atoms with van der Waals surface area (Å²) in [6.45, 7) is 0. The minimum atomic E-state index is -4.42. The van der Waals surface area contributed by atoms with Crippen LogP contribution >= 0.6 is 11.6 Å². The van der Waals surface area contributed by atoms with Crippen LogP contribution in [0.3, 0.4) is 0 Å². The van der Waals surface area contributed by atoms with Crippen molar-refractivity contribution in [3.8, 4) is 11.3 Å². The third kappa shape index (κ3) is 3.63. The number of anilines is 1. The molecule has 5 nitrogen and oxygen atoms in total. The lowest BCUT2D eigenvalue weighted by molar-refractivity contribution is -0.137. The third-order valence-corrected chi connectivity index (χ3v) is 3.63. The maximum atomic E-state index is 12.7. The summed E-state index contributed by atoms with van der Waals surface area (Å²) in [7, 11) is 0. The van der Waals surface area contributed by atoms with E-state index in [-0.39, 0.29) is 11.9 Å². The molecule has 1 aromatic heterocycles. The van der Waals surface area contributed by atoms with E-state index >= 15 is 0 Å². The Hall–Kier alpha value is -2.87. The van der Waals surface area contributed by atoms with Crippen molar-refractivity contribution in [3.05, 3.63) is 53.1 Å². The Morgan fingerprint density at radius 3 is 2.36 bits per heavy atom. The summed E-state index contributed by atoms with van der Waals surface area (Å²) in [6, 6.07) is 9.51. The smallest absolute Gasteiger partial charge is 0.370 e. The van der Waals surface area contributed by atoms with E-state index in [1.165, 1.54) is 12.1 Å². The van der Waals surface area contributed by atoms with E-state index in [1.807, 2.05) is 0 Å². The average molecular weight is 366 g/mol. The molecule has 0 radical (unpaired) electrons. The van der Waals surface area contributed by atoms with Crippen molar-refractivity contribution in [2.24, 2.45) is 5.73 Å². The van der Waals surface area contributed by atoms with Crippen LogP contribution < -0.4 is 11.1 Å². The van der Waals surface area contributed by atoms with Gasteiger partial charge in [-0.05, 0) is 30.3 Å². The molecular formula is C16H11ClF3N5. The molecule has 0 amide bonds. The Morgan fingerprint density at radius 1 is 1.08 bits per heavy atom. The summed E-state index contributed by atoms with van der Waals surface area (Å²) in [5.74, 6) is -0.288. The van der Waals surface area contributed by atoms with E-state index < -0.39 is 11.7 Å². The van der Waals surface area contributed by atoms with Gasteiger partial charge in [-0.3, -0.25) is 10.7 Å². The van der Waals surface area contributed by atoms with Crippen molar-refractivity contribution in [2.75, 3.05) is 5.32 Å². The quantitative estimate of drug-likeness (QED) is 0.467. The van der Waals surface area contributed by atoms with Gasteiger partial charge < -0.3 is 5.73 Å². The largest absolute Gasteiger partial charge is 0.416 e. The summed E-state index contributed by atoms with van der Waals surface area (Å²) in [5, 5.41) is 10.8. The normalized spacial score (nSPS) is 11.5. The van der Waals surface area contributed by atoms with E-state index in [9.17, 15) is 13.2 Å². The van der Waals surface area contributed by atoms with Gasteiger partial charge in [-0.2, -0.15) is 13.2 Å². The van der Waals surface area contributed by atoms with E-state index in [4.69, 9.17) is 22.7 Å². The van der Waals surface area contributed by atoms with Crippen LogP contribution in [0.4, 0.5) is 19.1 Å². The molecule has 128 valence electrons. The Balaban J connectivity index is 2.18. The predicted molar refractivity (Wildman–Crippen MR) is 90.5 cm³/mol. The van der Waals surface area contributed by atoms with Gasteiger partial charge in [0.1, 0.15) is 0 Å². The molecule has 0 spiro atoms. The van der Waals surface area contributed by atoms with E-state index in [0.717, 1.165) is 12.1 Å². The van der Waals surface area contributed by atoms with Crippen molar-refractivity contribution >= 4 is 34.4 Å². The molecule has 0 aliphatic carbocycles. The standard InChI is InChI=1S/C16H11ClF3N5/c17-10-5-6-12-11(7-10)13(24-15(23-12)25-14(21)22)8-1-3-9(4-2-8)16(18,19)20/h1-7H,(H4,21,22,23,24,25). The van der Waals surface area contributed by atoms with Gasteiger partial charge in [0.15, 0.2) is 5.96 Å². The second-order valence-corrected chi connectivity index (χ2v) is 5.61. The highest BCUT2D eigenvalue weighted by molar-refractivity contribution is 6.31. The third-order valence-electron chi connectivity index (χ3n) is 3.39. The summed E-state index contributed by atoms with van der Waals surface area (Å²) in [4.78, 5) is 8.48. The van der Waals surface area contributed by atoms with Crippen molar-refractivity contribution in [1.82, 2.24) is 9.97 Å². The van der Waals surface area contributed by atoms with Crippen LogP contribution in [0.1, 0.15) is 5.56 Å². The molecule has 3 rings (SSSR count). The van der Waals surface area contributed by atoms with Gasteiger partial charge in [0, 0.05) is 16.0 Å². The van der Waals surface area contributed by atoms with E-state index in [2.05, 4.69) is 15.3 Å². The Labute approximate surface area is 145 Å². The number of nitrogens with zero attached hydrogens (tertiary/aromatic N) is 2. The molecule has 0 fully saturated rings. The summed E-state index contributed by atoms with van der Waals surface area (Å²) >= 11 is 6.01. The molecule has 0 unspecified atom stereocenters. The molecule has 0 aliphatic heterocycles. The molecule has 9 heteroatoms. The van der Waals surface area contributed by atoms with Crippen LogP contribution in [0, 0.1) is 5.41 Å². The number of rotatable bonds is 2. The highest BCUT2D eigenvalue weighted by Gasteiger charge is 2.30. The number of guanidine groups is 1. The zero-order valence-corrected chi connectivity index (χ0v) is 13.3. The van der Waals surface area contributed by atoms with Crippen LogP contribution in [0.5, 0.6) is 0 Å². The molecule has 3 aromatic rings. The number of halogens is 4. The fourth-order valence-electron chi connectivity index (χ4n) is 2.31. The lowest BCUT2D eigenvalue weighted by atomic mass is 10.0. The first-order valence-electron chi connectivity index (χ1n) is 7.00.